The van der Waals surface area contributed by atoms with Gasteiger partial charge in [-0.3, -0.25) is 0 Å². The first kappa shape index (κ1) is 14.0. The molecule has 0 saturated carbocycles. The molecule has 0 bridgehead atoms. The van der Waals surface area contributed by atoms with Gasteiger partial charge in [-0.2, -0.15) is 0 Å². The van der Waals surface area contributed by atoms with E-state index in [4.69, 9.17) is 28.9 Å². The highest BCUT2D eigenvalue weighted by Crippen LogP contribution is 2.38. The summed E-state index contributed by atoms with van der Waals surface area (Å²) in [5, 5.41) is 0.283. The SMILES string of the molecule is CN(Cc1ccccc1)c1c(Cl)cc(N)c(F)c1Cl. The third-order valence-corrected chi connectivity index (χ3v) is 3.44. The third-order valence-electron chi connectivity index (χ3n) is 2.81. The van der Waals surface area contributed by atoms with E-state index in [-0.39, 0.29) is 10.7 Å². The van der Waals surface area contributed by atoms with E-state index < -0.39 is 5.82 Å². The molecule has 0 aromatic heterocycles. The van der Waals surface area contributed by atoms with Gasteiger partial charge in [-0.1, -0.05) is 53.5 Å². The normalized spacial score (nSPS) is 10.5. The second-order valence-corrected chi connectivity index (χ2v) is 5.05. The van der Waals surface area contributed by atoms with Gasteiger partial charge in [-0.05, 0) is 11.6 Å². The monoisotopic (exact) mass is 298 g/mol. The van der Waals surface area contributed by atoms with E-state index >= 15 is 0 Å². The second-order valence-electron chi connectivity index (χ2n) is 4.27. The van der Waals surface area contributed by atoms with Crippen molar-refractivity contribution >= 4 is 34.6 Å². The predicted octanol–water partition coefficient (Wildman–Crippen LogP) is 4.35. The van der Waals surface area contributed by atoms with Gasteiger partial charge >= 0.3 is 0 Å². The number of halogens is 3. The van der Waals surface area contributed by atoms with E-state index in [1.54, 1.807) is 11.9 Å². The minimum Gasteiger partial charge on any atom is -0.396 e. The fraction of sp³-hybridized carbons (Fsp3) is 0.143. The maximum absolute atomic E-state index is 13.7. The van der Waals surface area contributed by atoms with Crippen LogP contribution in [0.4, 0.5) is 15.8 Å². The number of rotatable bonds is 3. The molecule has 0 amide bonds. The van der Waals surface area contributed by atoms with E-state index in [2.05, 4.69) is 0 Å². The molecule has 0 heterocycles. The highest BCUT2D eigenvalue weighted by atomic mass is 35.5. The Balaban J connectivity index is 2.34. The lowest BCUT2D eigenvalue weighted by Gasteiger charge is -2.22. The molecule has 100 valence electrons. The van der Waals surface area contributed by atoms with Gasteiger partial charge in [-0.15, -0.1) is 0 Å². The zero-order valence-corrected chi connectivity index (χ0v) is 11.8. The number of nitrogen functional groups attached to an aromatic ring is 1. The molecule has 0 fully saturated rings. The smallest absolute Gasteiger partial charge is 0.166 e. The molecule has 0 aliphatic heterocycles. The van der Waals surface area contributed by atoms with Crippen molar-refractivity contribution in [1.82, 2.24) is 0 Å². The Morgan fingerprint density at radius 2 is 1.84 bits per heavy atom. The van der Waals surface area contributed by atoms with E-state index in [1.165, 1.54) is 6.07 Å². The average Bonchev–Trinajstić information content (AvgIpc) is 2.37. The highest BCUT2D eigenvalue weighted by Gasteiger charge is 2.17. The van der Waals surface area contributed by atoms with E-state index in [0.717, 1.165) is 5.56 Å². The Kier molecular flexibility index (Phi) is 4.17. The molecule has 2 aromatic carbocycles. The number of nitrogens with two attached hydrogens (primary N) is 1. The second kappa shape index (κ2) is 5.68. The van der Waals surface area contributed by atoms with Crippen molar-refractivity contribution in [3.05, 3.63) is 57.8 Å². The Morgan fingerprint density at radius 1 is 1.21 bits per heavy atom. The minimum absolute atomic E-state index is 0.0492. The quantitative estimate of drug-likeness (QED) is 0.674. The van der Waals surface area contributed by atoms with Crippen molar-refractivity contribution in [2.45, 2.75) is 6.54 Å². The Hall–Kier alpha value is -1.45. The van der Waals surface area contributed by atoms with Crippen molar-refractivity contribution in [3.63, 3.8) is 0 Å². The molecule has 0 spiro atoms. The first-order chi connectivity index (χ1) is 9.00. The standard InChI is InChI=1S/C14H13Cl2FN2/c1-19(8-9-5-3-2-4-6-9)14-10(15)7-11(18)13(17)12(14)16/h2-7H,8,18H2,1H3. The van der Waals surface area contributed by atoms with E-state index in [0.29, 0.717) is 17.3 Å². The summed E-state index contributed by atoms with van der Waals surface area (Å²) in [7, 11) is 1.80. The lowest BCUT2D eigenvalue weighted by molar-refractivity contribution is 0.632. The zero-order chi connectivity index (χ0) is 14.0. The molecule has 0 atom stereocenters. The van der Waals surface area contributed by atoms with Gasteiger partial charge in [0, 0.05) is 13.6 Å². The van der Waals surface area contributed by atoms with Crippen LogP contribution >= 0.6 is 23.2 Å². The van der Waals surface area contributed by atoms with Crippen LogP contribution in [-0.2, 0) is 6.54 Å². The molecule has 2 aromatic rings. The summed E-state index contributed by atoms with van der Waals surface area (Å²) < 4.78 is 13.7. The third kappa shape index (κ3) is 2.94. The van der Waals surface area contributed by atoms with E-state index in [9.17, 15) is 4.39 Å². The van der Waals surface area contributed by atoms with Gasteiger partial charge in [0.15, 0.2) is 5.82 Å². The van der Waals surface area contributed by atoms with Crippen molar-refractivity contribution in [3.8, 4) is 0 Å². The molecule has 2 nitrogen and oxygen atoms in total. The lowest BCUT2D eigenvalue weighted by Crippen LogP contribution is -2.18. The molecule has 0 aliphatic rings. The van der Waals surface area contributed by atoms with Crippen molar-refractivity contribution in [2.75, 3.05) is 17.7 Å². The van der Waals surface area contributed by atoms with Crippen LogP contribution in [0.5, 0.6) is 0 Å². The Labute approximate surface area is 121 Å². The minimum atomic E-state index is -0.638. The van der Waals surface area contributed by atoms with Crippen LogP contribution in [-0.4, -0.2) is 7.05 Å². The Morgan fingerprint density at radius 3 is 2.47 bits per heavy atom. The molecular weight excluding hydrogens is 286 g/mol. The fourth-order valence-corrected chi connectivity index (χ4v) is 2.65. The molecule has 0 unspecified atom stereocenters. The summed E-state index contributed by atoms with van der Waals surface area (Å²) >= 11 is 12.1. The van der Waals surface area contributed by atoms with Crippen LogP contribution in [0.3, 0.4) is 0 Å². The van der Waals surface area contributed by atoms with Gasteiger partial charge in [0.2, 0.25) is 0 Å². The topological polar surface area (TPSA) is 29.3 Å². The number of anilines is 2. The van der Waals surface area contributed by atoms with Gasteiger partial charge in [0.05, 0.1) is 16.4 Å². The first-order valence-corrected chi connectivity index (χ1v) is 6.44. The largest absolute Gasteiger partial charge is 0.396 e. The summed E-state index contributed by atoms with van der Waals surface area (Å²) in [5.41, 5.74) is 6.95. The molecule has 5 heteroatoms. The predicted molar refractivity (Wildman–Crippen MR) is 79.4 cm³/mol. The summed E-state index contributed by atoms with van der Waals surface area (Å²) in [6.45, 7) is 0.573. The van der Waals surface area contributed by atoms with Crippen LogP contribution in [0.1, 0.15) is 5.56 Å². The number of nitrogens with zero attached hydrogens (tertiary/aromatic N) is 1. The van der Waals surface area contributed by atoms with Crippen LogP contribution in [0.2, 0.25) is 10.0 Å². The Bertz CT molecular complexity index is 588. The van der Waals surface area contributed by atoms with E-state index in [1.807, 2.05) is 30.3 Å². The molecule has 0 saturated heterocycles. The van der Waals surface area contributed by atoms with Gasteiger partial charge in [-0.25, -0.2) is 4.39 Å². The summed E-state index contributed by atoms with van der Waals surface area (Å²) in [6.07, 6.45) is 0. The molecular formula is C14H13Cl2FN2. The summed E-state index contributed by atoms with van der Waals surface area (Å²) in [6, 6.07) is 11.1. The maximum Gasteiger partial charge on any atom is 0.166 e. The van der Waals surface area contributed by atoms with Crippen molar-refractivity contribution in [2.24, 2.45) is 0 Å². The molecule has 2 N–H and O–H groups in total. The molecule has 0 radical (unpaired) electrons. The lowest BCUT2D eigenvalue weighted by atomic mass is 10.2. The fourth-order valence-electron chi connectivity index (χ4n) is 1.89. The number of benzene rings is 2. The maximum atomic E-state index is 13.7. The van der Waals surface area contributed by atoms with Crippen molar-refractivity contribution in [1.29, 1.82) is 0 Å². The van der Waals surface area contributed by atoms with Crippen LogP contribution in [0.15, 0.2) is 36.4 Å². The van der Waals surface area contributed by atoms with Gasteiger partial charge in [0.1, 0.15) is 5.02 Å². The van der Waals surface area contributed by atoms with Crippen LogP contribution in [0.25, 0.3) is 0 Å². The van der Waals surface area contributed by atoms with Crippen LogP contribution < -0.4 is 10.6 Å². The van der Waals surface area contributed by atoms with Crippen molar-refractivity contribution < 1.29 is 4.39 Å². The summed E-state index contributed by atoms with van der Waals surface area (Å²) in [4.78, 5) is 1.79. The first-order valence-electron chi connectivity index (χ1n) is 5.68. The molecule has 19 heavy (non-hydrogen) atoms. The molecule has 2 rings (SSSR count). The van der Waals surface area contributed by atoms with Crippen LogP contribution in [0, 0.1) is 5.82 Å². The zero-order valence-electron chi connectivity index (χ0n) is 10.3. The number of hydrogen-bond donors (Lipinski definition) is 1. The van der Waals surface area contributed by atoms with Gasteiger partial charge in [0.25, 0.3) is 0 Å². The summed E-state index contributed by atoms with van der Waals surface area (Å²) in [5.74, 6) is -0.638. The average molecular weight is 299 g/mol. The van der Waals surface area contributed by atoms with Gasteiger partial charge < -0.3 is 10.6 Å². The number of hydrogen-bond acceptors (Lipinski definition) is 2. The highest BCUT2D eigenvalue weighted by molar-refractivity contribution is 6.39. The molecule has 0 aliphatic carbocycles.